The summed E-state index contributed by atoms with van der Waals surface area (Å²) in [5.41, 5.74) is 5.16. The second-order valence-corrected chi connectivity index (χ2v) is 8.67. The zero-order valence-corrected chi connectivity index (χ0v) is 20.1. The number of para-hydroxylation sites is 1. The highest BCUT2D eigenvalue weighted by Gasteiger charge is 2.17. The molecule has 0 spiro atoms. The standard InChI is InChI=1S/C24H20BrN5O2S/c1-32-21-13-12-19(25)14-18(21)15-26-27-22(31)16-33-24-29-28-23(17-8-4-2-5-9-17)30(24)20-10-6-3-7-11-20/h2-15H,16H2,1H3,(H,27,31)/b26-15-. The quantitative estimate of drug-likeness (QED) is 0.201. The molecule has 3 aromatic carbocycles. The van der Waals surface area contributed by atoms with E-state index in [1.807, 2.05) is 83.4 Å². The minimum absolute atomic E-state index is 0.132. The van der Waals surface area contributed by atoms with Crippen molar-refractivity contribution < 1.29 is 9.53 Å². The number of aromatic nitrogens is 3. The Balaban J connectivity index is 1.48. The molecule has 1 N–H and O–H groups in total. The minimum Gasteiger partial charge on any atom is -0.496 e. The van der Waals surface area contributed by atoms with Crippen LogP contribution in [0.25, 0.3) is 17.1 Å². The van der Waals surface area contributed by atoms with Crippen LogP contribution in [0.1, 0.15) is 5.56 Å². The number of carbonyl (C=O) groups is 1. The Morgan fingerprint density at radius 1 is 1.09 bits per heavy atom. The second-order valence-electron chi connectivity index (χ2n) is 6.81. The first-order valence-electron chi connectivity index (χ1n) is 10.00. The minimum atomic E-state index is -0.255. The fourth-order valence-corrected chi connectivity index (χ4v) is 4.21. The van der Waals surface area contributed by atoms with Gasteiger partial charge in [-0.15, -0.1) is 10.2 Å². The Morgan fingerprint density at radius 3 is 2.55 bits per heavy atom. The molecule has 4 rings (SSSR count). The van der Waals surface area contributed by atoms with Gasteiger partial charge in [0.05, 0.1) is 19.1 Å². The summed E-state index contributed by atoms with van der Waals surface area (Å²) in [6.45, 7) is 0. The average molecular weight is 522 g/mol. The zero-order valence-electron chi connectivity index (χ0n) is 17.7. The summed E-state index contributed by atoms with van der Waals surface area (Å²) < 4.78 is 8.15. The molecule has 1 amide bonds. The number of ether oxygens (including phenoxy) is 1. The lowest BCUT2D eigenvalue weighted by Crippen LogP contribution is -2.20. The van der Waals surface area contributed by atoms with Gasteiger partial charge in [0.15, 0.2) is 11.0 Å². The first kappa shape index (κ1) is 22.8. The highest BCUT2D eigenvalue weighted by Crippen LogP contribution is 2.27. The van der Waals surface area contributed by atoms with Crippen molar-refractivity contribution in [3.8, 4) is 22.8 Å². The molecule has 0 aliphatic rings. The van der Waals surface area contributed by atoms with Gasteiger partial charge in [-0.25, -0.2) is 5.43 Å². The number of halogens is 1. The van der Waals surface area contributed by atoms with Crippen LogP contribution in [0.2, 0.25) is 0 Å². The number of hydrazone groups is 1. The Bertz CT molecular complexity index is 1260. The van der Waals surface area contributed by atoms with Crippen LogP contribution in [0, 0.1) is 0 Å². The first-order valence-corrected chi connectivity index (χ1v) is 11.8. The highest BCUT2D eigenvalue weighted by molar-refractivity contribution is 9.10. The van der Waals surface area contributed by atoms with Crippen LogP contribution in [0.4, 0.5) is 0 Å². The van der Waals surface area contributed by atoms with Gasteiger partial charge in [-0.05, 0) is 30.3 Å². The maximum absolute atomic E-state index is 12.4. The molecular weight excluding hydrogens is 502 g/mol. The Kier molecular flexibility index (Phi) is 7.54. The number of thioether (sulfide) groups is 1. The lowest BCUT2D eigenvalue weighted by atomic mass is 10.2. The van der Waals surface area contributed by atoms with Crippen LogP contribution < -0.4 is 10.2 Å². The number of rotatable bonds is 8. The van der Waals surface area contributed by atoms with Crippen LogP contribution >= 0.6 is 27.7 Å². The number of nitrogens with zero attached hydrogens (tertiary/aromatic N) is 4. The maximum Gasteiger partial charge on any atom is 0.250 e. The summed E-state index contributed by atoms with van der Waals surface area (Å²) in [6.07, 6.45) is 1.55. The average Bonchev–Trinajstić information content (AvgIpc) is 3.28. The molecule has 4 aromatic rings. The van der Waals surface area contributed by atoms with Crippen molar-refractivity contribution in [2.24, 2.45) is 5.10 Å². The van der Waals surface area contributed by atoms with E-state index in [4.69, 9.17) is 4.74 Å². The third kappa shape index (κ3) is 5.68. The van der Waals surface area contributed by atoms with Gasteiger partial charge < -0.3 is 4.74 Å². The van der Waals surface area contributed by atoms with E-state index >= 15 is 0 Å². The van der Waals surface area contributed by atoms with E-state index in [0.29, 0.717) is 16.7 Å². The summed E-state index contributed by atoms with van der Waals surface area (Å²) in [6, 6.07) is 25.2. The molecule has 0 bridgehead atoms. The van der Waals surface area contributed by atoms with Gasteiger partial charge in [0, 0.05) is 21.3 Å². The summed E-state index contributed by atoms with van der Waals surface area (Å²) in [7, 11) is 1.59. The van der Waals surface area contributed by atoms with E-state index in [2.05, 4.69) is 36.7 Å². The third-order valence-corrected chi connectivity index (χ3v) is 6.02. The van der Waals surface area contributed by atoms with Gasteiger partial charge >= 0.3 is 0 Å². The highest BCUT2D eigenvalue weighted by atomic mass is 79.9. The Morgan fingerprint density at radius 2 is 1.82 bits per heavy atom. The molecule has 0 aliphatic carbocycles. The molecule has 0 saturated carbocycles. The van der Waals surface area contributed by atoms with Gasteiger partial charge in [-0.1, -0.05) is 76.2 Å². The second kappa shape index (κ2) is 10.9. The van der Waals surface area contributed by atoms with E-state index in [9.17, 15) is 4.79 Å². The summed E-state index contributed by atoms with van der Waals surface area (Å²) in [5, 5.41) is 13.4. The van der Waals surface area contributed by atoms with Crippen molar-refractivity contribution in [2.45, 2.75) is 5.16 Å². The Labute approximate surface area is 204 Å². The molecule has 166 valence electrons. The van der Waals surface area contributed by atoms with Crippen molar-refractivity contribution in [3.05, 3.63) is 88.9 Å². The number of methoxy groups -OCH3 is 1. The fourth-order valence-electron chi connectivity index (χ4n) is 3.09. The molecule has 0 saturated heterocycles. The maximum atomic E-state index is 12.4. The lowest BCUT2D eigenvalue weighted by Gasteiger charge is -2.10. The van der Waals surface area contributed by atoms with E-state index < -0.39 is 0 Å². The normalized spacial score (nSPS) is 11.0. The number of hydrogen-bond donors (Lipinski definition) is 1. The number of benzene rings is 3. The predicted octanol–water partition coefficient (Wildman–Crippen LogP) is 4.95. The SMILES string of the molecule is COc1ccc(Br)cc1/C=N\NC(=O)CSc1nnc(-c2ccccc2)n1-c1ccccc1. The topological polar surface area (TPSA) is 81.4 Å². The van der Waals surface area contributed by atoms with Crippen LogP contribution in [-0.2, 0) is 4.79 Å². The van der Waals surface area contributed by atoms with Gasteiger partial charge in [0.2, 0.25) is 0 Å². The van der Waals surface area contributed by atoms with Gasteiger partial charge in [-0.2, -0.15) is 5.10 Å². The molecule has 0 aliphatic heterocycles. The fraction of sp³-hybridized carbons (Fsp3) is 0.0833. The van der Waals surface area contributed by atoms with Crippen molar-refractivity contribution in [3.63, 3.8) is 0 Å². The molecule has 33 heavy (non-hydrogen) atoms. The largest absolute Gasteiger partial charge is 0.496 e. The van der Waals surface area contributed by atoms with Crippen molar-refractivity contribution in [1.82, 2.24) is 20.2 Å². The van der Waals surface area contributed by atoms with Crippen LogP contribution in [0.3, 0.4) is 0 Å². The lowest BCUT2D eigenvalue weighted by molar-refractivity contribution is -0.118. The number of amides is 1. The molecule has 1 heterocycles. The zero-order chi connectivity index (χ0) is 23.0. The van der Waals surface area contributed by atoms with Crippen molar-refractivity contribution >= 4 is 39.8 Å². The van der Waals surface area contributed by atoms with E-state index in [1.165, 1.54) is 11.8 Å². The van der Waals surface area contributed by atoms with Gasteiger partial charge in [0.25, 0.3) is 5.91 Å². The van der Waals surface area contributed by atoms with E-state index in [-0.39, 0.29) is 11.7 Å². The van der Waals surface area contributed by atoms with Crippen LogP contribution in [0.5, 0.6) is 5.75 Å². The molecule has 0 fully saturated rings. The number of hydrogen-bond acceptors (Lipinski definition) is 6. The molecular formula is C24H20BrN5O2S. The summed E-state index contributed by atoms with van der Waals surface area (Å²) >= 11 is 4.71. The monoisotopic (exact) mass is 521 g/mol. The van der Waals surface area contributed by atoms with Gasteiger partial charge in [0.1, 0.15) is 5.75 Å². The van der Waals surface area contributed by atoms with Crippen LogP contribution in [-0.4, -0.2) is 39.7 Å². The Hall–Kier alpha value is -3.43. The predicted molar refractivity (Wildman–Crippen MR) is 134 cm³/mol. The van der Waals surface area contributed by atoms with E-state index in [0.717, 1.165) is 21.3 Å². The summed E-state index contributed by atoms with van der Waals surface area (Å²) in [4.78, 5) is 12.4. The van der Waals surface area contributed by atoms with Crippen molar-refractivity contribution in [1.29, 1.82) is 0 Å². The molecule has 9 heteroatoms. The first-order chi connectivity index (χ1) is 16.2. The molecule has 0 unspecified atom stereocenters. The number of nitrogens with one attached hydrogen (secondary N) is 1. The molecule has 7 nitrogen and oxygen atoms in total. The smallest absolute Gasteiger partial charge is 0.250 e. The van der Waals surface area contributed by atoms with Gasteiger partial charge in [-0.3, -0.25) is 9.36 Å². The molecule has 0 radical (unpaired) electrons. The molecule has 0 atom stereocenters. The summed E-state index contributed by atoms with van der Waals surface area (Å²) in [5.74, 6) is 1.25. The van der Waals surface area contributed by atoms with E-state index in [1.54, 1.807) is 13.3 Å². The third-order valence-electron chi connectivity index (χ3n) is 4.60. The van der Waals surface area contributed by atoms with Crippen LogP contribution in [0.15, 0.2) is 93.6 Å². The number of carbonyl (C=O) groups excluding carboxylic acids is 1. The van der Waals surface area contributed by atoms with Crippen molar-refractivity contribution in [2.75, 3.05) is 12.9 Å². The molecule has 1 aromatic heterocycles.